The van der Waals surface area contributed by atoms with Crippen LogP contribution >= 0.6 is 0 Å². The summed E-state index contributed by atoms with van der Waals surface area (Å²) >= 11 is 0. The van der Waals surface area contributed by atoms with Crippen LogP contribution in [-0.2, 0) is 9.73 Å². The van der Waals surface area contributed by atoms with Crippen LogP contribution in [0.5, 0.6) is 0 Å². The fourth-order valence-corrected chi connectivity index (χ4v) is 2.21. The van der Waals surface area contributed by atoms with Crippen molar-refractivity contribution >= 4 is 11.8 Å². The van der Waals surface area contributed by atoms with Gasteiger partial charge in [-0.05, 0) is 24.3 Å². The number of carbonyl (C=O) groups is 2. The number of imide groups is 1. The van der Waals surface area contributed by atoms with Gasteiger partial charge in [-0.15, -0.1) is 5.06 Å². The Balaban J connectivity index is 1.66. The zero-order chi connectivity index (χ0) is 16.9. The van der Waals surface area contributed by atoms with Crippen LogP contribution in [0.1, 0.15) is 26.3 Å². The molecule has 0 saturated carbocycles. The van der Waals surface area contributed by atoms with Gasteiger partial charge in [0.1, 0.15) is 6.61 Å². The van der Waals surface area contributed by atoms with Crippen molar-refractivity contribution in [1.29, 1.82) is 0 Å². The highest BCUT2D eigenvalue weighted by Gasteiger charge is 2.36. The topological polar surface area (TPSA) is 76.1 Å². The van der Waals surface area contributed by atoms with Crippen LogP contribution in [0.2, 0.25) is 0 Å². The molecule has 2 amide bonds. The van der Waals surface area contributed by atoms with Crippen molar-refractivity contribution in [2.24, 2.45) is 0 Å². The number of hydrogen-bond acceptors (Lipinski definition) is 5. The maximum Gasteiger partial charge on any atom is 0.285 e. The number of benzene rings is 2. The summed E-state index contributed by atoms with van der Waals surface area (Å²) in [6, 6.07) is 15.5. The average molecular weight is 323 g/mol. The Morgan fingerprint density at radius 1 is 0.958 bits per heavy atom. The molecule has 24 heavy (non-hydrogen) atoms. The Kier molecular flexibility index (Phi) is 4.68. The summed E-state index contributed by atoms with van der Waals surface area (Å²) in [5, 5.41) is 9.57. The lowest BCUT2D eigenvalue weighted by molar-refractivity contribution is -0.280. The van der Waals surface area contributed by atoms with Gasteiger partial charge in [-0.1, -0.05) is 42.2 Å². The standard InChI is InChI=1S/C18H13NO5/c20-17-15-8-4-5-9-16(15)18(21)19(17)23-12-14(24-22)11-10-13-6-2-1-3-7-13/h1-9,14,22H,12H2. The van der Waals surface area contributed by atoms with E-state index in [0.717, 1.165) is 5.56 Å². The summed E-state index contributed by atoms with van der Waals surface area (Å²) in [7, 11) is 0. The van der Waals surface area contributed by atoms with Crippen LogP contribution in [0.25, 0.3) is 0 Å². The molecule has 1 aliphatic rings. The minimum Gasteiger partial charge on any atom is -0.266 e. The summed E-state index contributed by atoms with van der Waals surface area (Å²) in [6.45, 7) is -0.276. The molecule has 0 saturated heterocycles. The summed E-state index contributed by atoms with van der Waals surface area (Å²) in [5.74, 6) is 4.37. The highest BCUT2D eigenvalue weighted by Crippen LogP contribution is 2.22. The fourth-order valence-electron chi connectivity index (χ4n) is 2.21. The van der Waals surface area contributed by atoms with Crippen molar-refractivity contribution in [2.45, 2.75) is 6.10 Å². The predicted octanol–water partition coefficient (Wildman–Crippen LogP) is 2.12. The van der Waals surface area contributed by atoms with Gasteiger partial charge in [0.2, 0.25) is 0 Å². The smallest absolute Gasteiger partial charge is 0.266 e. The van der Waals surface area contributed by atoms with Crippen molar-refractivity contribution in [2.75, 3.05) is 6.61 Å². The molecule has 0 aliphatic carbocycles. The lowest BCUT2D eigenvalue weighted by Gasteiger charge is -2.14. The first-order valence-electron chi connectivity index (χ1n) is 7.18. The lowest BCUT2D eigenvalue weighted by Crippen LogP contribution is -2.33. The van der Waals surface area contributed by atoms with E-state index in [-0.39, 0.29) is 17.7 Å². The van der Waals surface area contributed by atoms with E-state index in [4.69, 9.17) is 10.1 Å². The molecule has 1 atom stereocenters. The summed E-state index contributed by atoms with van der Waals surface area (Å²) in [5.41, 5.74) is 1.29. The molecule has 1 N–H and O–H groups in total. The highest BCUT2D eigenvalue weighted by atomic mass is 17.1. The van der Waals surface area contributed by atoms with Crippen LogP contribution in [0.3, 0.4) is 0 Å². The van der Waals surface area contributed by atoms with E-state index < -0.39 is 17.9 Å². The second-order valence-corrected chi connectivity index (χ2v) is 4.98. The third-order valence-electron chi connectivity index (χ3n) is 3.39. The van der Waals surface area contributed by atoms with E-state index >= 15 is 0 Å². The molecule has 2 aromatic carbocycles. The van der Waals surface area contributed by atoms with E-state index in [2.05, 4.69) is 16.7 Å². The number of rotatable bonds is 4. The SMILES string of the molecule is O=C1c2ccccc2C(=O)N1OCC(C#Cc1ccccc1)OO. The van der Waals surface area contributed by atoms with Gasteiger partial charge in [0.15, 0.2) is 6.10 Å². The number of fused-ring (bicyclic) bond motifs is 1. The Morgan fingerprint density at radius 2 is 1.54 bits per heavy atom. The Bertz CT molecular complexity index is 787. The van der Waals surface area contributed by atoms with Gasteiger partial charge in [-0.2, -0.15) is 0 Å². The maximum absolute atomic E-state index is 12.1. The summed E-state index contributed by atoms with van der Waals surface area (Å²) < 4.78 is 0. The van der Waals surface area contributed by atoms with E-state index in [0.29, 0.717) is 5.06 Å². The third-order valence-corrected chi connectivity index (χ3v) is 3.39. The van der Waals surface area contributed by atoms with E-state index in [1.54, 1.807) is 36.4 Å². The Morgan fingerprint density at radius 3 is 2.12 bits per heavy atom. The van der Waals surface area contributed by atoms with Crippen molar-refractivity contribution in [1.82, 2.24) is 5.06 Å². The van der Waals surface area contributed by atoms with Gasteiger partial charge in [0, 0.05) is 5.56 Å². The normalized spacial score (nSPS) is 14.1. The molecule has 0 spiro atoms. The van der Waals surface area contributed by atoms with E-state index in [1.165, 1.54) is 0 Å². The number of carbonyl (C=O) groups excluding carboxylic acids is 2. The van der Waals surface area contributed by atoms with Crippen molar-refractivity contribution in [3.63, 3.8) is 0 Å². The van der Waals surface area contributed by atoms with Crippen LogP contribution in [0.15, 0.2) is 54.6 Å². The number of amides is 2. The van der Waals surface area contributed by atoms with Gasteiger partial charge in [0.25, 0.3) is 11.8 Å². The molecule has 2 aromatic rings. The molecule has 120 valence electrons. The molecule has 1 unspecified atom stereocenters. The molecular weight excluding hydrogens is 310 g/mol. The fraction of sp³-hybridized carbons (Fsp3) is 0.111. The van der Waals surface area contributed by atoms with Crippen molar-refractivity contribution < 1.29 is 24.6 Å². The van der Waals surface area contributed by atoms with Gasteiger partial charge in [-0.3, -0.25) is 19.7 Å². The number of nitrogens with zero attached hydrogens (tertiary/aromatic N) is 1. The Hall–Kier alpha value is -2.98. The average Bonchev–Trinajstić information content (AvgIpc) is 2.87. The third kappa shape index (κ3) is 3.19. The molecule has 6 heteroatoms. The second-order valence-electron chi connectivity index (χ2n) is 4.98. The largest absolute Gasteiger partial charge is 0.285 e. The molecular formula is C18H13NO5. The van der Waals surface area contributed by atoms with Gasteiger partial charge in [-0.25, -0.2) is 4.89 Å². The van der Waals surface area contributed by atoms with Gasteiger partial charge >= 0.3 is 0 Å². The summed E-state index contributed by atoms with van der Waals surface area (Å²) in [6.07, 6.45) is -1.01. The quantitative estimate of drug-likeness (QED) is 0.404. The first kappa shape index (κ1) is 15.9. The molecule has 0 aromatic heterocycles. The number of hydrogen-bond donors (Lipinski definition) is 1. The molecule has 1 heterocycles. The first-order valence-corrected chi connectivity index (χ1v) is 7.18. The molecule has 1 aliphatic heterocycles. The zero-order valence-electron chi connectivity index (χ0n) is 12.5. The molecule has 3 rings (SSSR count). The minimum atomic E-state index is -1.01. The molecule has 6 nitrogen and oxygen atoms in total. The van der Waals surface area contributed by atoms with Crippen LogP contribution in [-0.4, -0.2) is 34.8 Å². The summed E-state index contributed by atoms with van der Waals surface area (Å²) in [4.78, 5) is 33.7. The molecule has 0 fully saturated rings. The monoisotopic (exact) mass is 323 g/mol. The first-order chi connectivity index (χ1) is 11.7. The van der Waals surface area contributed by atoms with Crippen LogP contribution < -0.4 is 0 Å². The second kappa shape index (κ2) is 7.06. The van der Waals surface area contributed by atoms with Crippen molar-refractivity contribution in [3.05, 3.63) is 71.3 Å². The molecule has 0 radical (unpaired) electrons. The van der Waals surface area contributed by atoms with E-state index in [9.17, 15) is 9.59 Å². The van der Waals surface area contributed by atoms with Crippen molar-refractivity contribution in [3.8, 4) is 11.8 Å². The lowest BCUT2D eigenvalue weighted by atomic mass is 10.1. The minimum absolute atomic E-state index is 0.276. The number of hydroxylamine groups is 2. The maximum atomic E-state index is 12.1. The predicted molar refractivity (Wildman–Crippen MR) is 83.7 cm³/mol. The van der Waals surface area contributed by atoms with Gasteiger partial charge in [0.05, 0.1) is 11.1 Å². The highest BCUT2D eigenvalue weighted by molar-refractivity contribution is 6.20. The van der Waals surface area contributed by atoms with Crippen LogP contribution in [0.4, 0.5) is 0 Å². The van der Waals surface area contributed by atoms with Gasteiger partial charge < -0.3 is 0 Å². The molecule has 0 bridgehead atoms. The zero-order valence-corrected chi connectivity index (χ0v) is 12.5. The van der Waals surface area contributed by atoms with E-state index in [1.807, 2.05) is 18.2 Å². The van der Waals surface area contributed by atoms with Crippen LogP contribution in [0, 0.1) is 11.8 Å². The Labute approximate surface area is 138 Å².